The summed E-state index contributed by atoms with van der Waals surface area (Å²) in [6.07, 6.45) is 2.49. The predicted octanol–water partition coefficient (Wildman–Crippen LogP) is 2.50. The van der Waals surface area contributed by atoms with Gasteiger partial charge >= 0.3 is 0 Å². The summed E-state index contributed by atoms with van der Waals surface area (Å²) in [4.78, 5) is 4.61. The van der Waals surface area contributed by atoms with E-state index in [4.69, 9.17) is 9.47 Å². The van der Waals surface area contributed by atoms with E-state index in [0.29, 0.717) is 13.2 Å². The van der Waals surface area contributed by atoms with Crippen LogP contribution in [-0.2, 0) is 22.6 Å². The third kappa shape index (κ3) is 4.76. The minimum absolute atomic E-state index is 0.0189. The monoisotopic (exact) mass is 489 g/mol. The maximum atomic E-state index is 6.25. The fourth-order valence-corrected chi connectivity index (χ4v) is 5.64. The highest BCUT2D eigenvalue weighted by molar-refractivity contribution is 5.56. The van der Waals surface area contributed by atoms with E-state index < -0.39 is 0 Å². The van der Waals surface area contributed by atoms with Gasteiger partial charge < -0.3 is 19.7 Å². The van der Waals surface area contributed by atoms with Gasteiger partial charge in [0, 0.05) is 38.4 Å². The van der Waals surface area contributed by atoms with Crippen LogP contribution in [0.2, 0.25) is 0 Å². The molecule has 3 saturated heterocycles. The molecular formula is C27H35N7O2. The van der Waals surface area contributed by atoms with Gasteiger partial charge in [0.2, 0.25) is 0 Å². The number of tetrazole rings is 1. The van der Waals surface area contributed by atoms with E-state index >= 15 is 0 Å². The van der Waals surface area contributed by atoms with Crippen molar-refractivity contribution in [2.24, 2.45) is 0 Å². The molecule has 6 rings (SSSR count). The maximum Gasteiger partial charge on any atom is 0.182 e. The van der Waals surface area contributed by atoms with Crippen molar-refractivity contribution in [1.82, 2.24) is 30.4 Å². The molecule has 2 aromatic carbocycles. The first-order chi connectivity index (χ1) is 17.7. The molecule has 9 nitrogen and oxygen atoms in total. The minimum atomic E-state index is -0.0753. The van der Waals surface area contributed by atoms with Gasteiger partial charge in [-0.3, -0.25) is 4.90 Å². The van der Waals surface area contributed by atoms with E-state index in [2.05, 4.69) is 93.3 Å². The summed E-state index contributed by atoms with van der Waals surface area (Å²) in [5, 5.41) is 16.4. The zero-order chi connectivity index (χ0) is 24.5. The lowest BCUT2D eigenvalue weighted by Gasteiger charge is -2.19. The molecule has 190 valence electrons. The highest BCUT2D eigenvalue weighted by atomic mass is 16.6. The van der Waals surface area contributed by atoms with Crippen molar-refractivity contribution >= 4 is 5.69 Å². The van der Waals surface area contributed by atoms with Gasteiger partial charge in [-0.1, -0.05) is 30.3 Å². The lowest BCUT2D eigenvalue weighted by molar-refractivity contribution is 0.0621. The maximum absolute atomic E-state index is 6.25. The molecule has 3 fully saturated rings. The molecule has 0 unspecified atom stereocenters. The van der Waals surface area contributed by atoms with Gasteiger partial charge in [-0.2, -0.15) is 0 Å². The third-order valence-corrected chi connectivity index (χ3v) is 7.65. The van der Waals surface area contributed by atoms with Crippen LogP contribution in [-0.4, -0.2) is 83.8 Å². The molecule has 0 spiro atoms. The molecule has 3 aromatic rings. The van der Waals surface area contributed by atoms with Crippen LogP contribution in [0.3, 0.4) is 0 Å². The Balaban J connectivity index is 1.12. The van der Waals surface area contributed by atoms with Gasteiger partial charge in [0.1, 0.15) is 18.2 Å². The van der Waals surface area contributed by atoms with Crippen LogP contribution < -0.4 is 10.2 Å². The molecule has 3 aliphatic heterocycles. The molecule has 0 bridgehead atoms. The second-order valence-corrected chi connectivity index (χ2v) is 10.3. The van der Waals surface area contributed by atoms with Crippen LogP contribution in [0.1, 0.15) is 30.0 Å². The van der Waals surface area contributed by atoms with E-state index in [1.807, 2.05) is 4.68 Å². The van der Waals surface area contributed by atoms with E-state index in [0.717, 1.165) is 24.5 Å². The smallest absolute Gasteiger partial charge is 0.182 e. The van der Waals surface area contributed by atoms with Crippen LogP contribution in [0.15, 0.2) is 48.5 Å². The Bertz CT molecular complexity index is 1160. The molecule has 4 heterocycles. The van der Waals surface area contributed by atoms with Crippen LogP contribution in [0.4, 0.5) is 5.69 Å². The van der Waals surface area contributed by atoms with Crippen LogP contribution in [0, 0.1) is 0 Å². The van der Waals surface area contributed by atoms with Crippen LogP contribution >= 0.6 is 0 Å². The van der Waals surface area contributed by atoms with Gasteiger partial charge in [0.05, 0.1) is 19.3 Å². The molecular weight excluding hydrogens is 454 g/mol. The number of nitrogens with zero attached hydrogens (tertiary/aromatic N) is 6. The third-order valence-electron chi connectivity index (χ3n) is 7.65. The van der Waals surface area contributed by atoms with Crippen molar-refractivity contribution in [3.8, 4) is 11.4 Å². The average molecular weight is 490 g/mol. The second kappa shape index (κ2) is 10.3. The molecule has 1 N–H and O–H groups in total. The van der Waals surface area contributed by atoms with Gasteiger partial charge in [-0.05, 0) is 65.7 Å². The molecule has 0 radical (unpaired) electrons. The Kier molecular flexibility index (Phi) is 6.71. The SMILES string of the molecule is CN(C)c1ccc(CN[C@H]2CO[C@H]3[C@@H]2OC[C@@H]3n2nnnc2-c2cccc(CN3CCCC3)c2)cc1. The largest absolute Gasteiger partial charge is 0.378 e. The first-order valence-corrected chi connectivity index (χ1v) is 13.0. The first kappa shape index (κ1) is 23.5. The summed E-state index contributed by atoms with van der Waals surface area (Å²) in [6.45, 7) is 5.26. The van der Waals surface area contributed by atoms with Gasteiger partial charge in [-0.25, -0.2) is 4.68 Å². The summed E-state index contributed by atoms with van der Waals surface area (Å²) in [5.41, 5.74) is 4.78. The highest BCUT2D eigenvalue weighted by Crippen LogP contribution is 2.36. The van der Waals surface area contributed by atoms with Crippen molar-refractivity contribution < 1.29 is 9.47 Å². The number of anilines is 1. The average Bonchev–Trinajstić information content (AvgIpc) is 3.69. The number of ether oxygens (including phenoxy) is 2. The summed E-state index contributed by atoms with van der Waals surface area (Å²) in [5.74, 6) is 0.772. The predicted molar refractivity (Wildman–Crippen MR) is 138 cm³/mol. The zero-order valence-corrected chi connectivity index (χ0v) is 21.1. The topological polar surface area (TPSA) is 80.6 Å². The number of likely N-dealkylation sites (tertiary alicyclic amines) is 1. The van der Waals surface area contributed by atoms with Crippen molar-refractivity contribution in [2.75, 3.05) is 45.3 Å². The summed E-state index contributed by atoms with van der Waals surface area (Å²) in [6, 6.07) is 17.3. The minimum Gasteiger partial charge on any atom is -0.378 e. The molecule has 0 saturated carbocycles. The number of benzene rings is 2. The fourth-order valence-electron chi connectivity index (χ4n) is 5.64. The van der Waals surface area contributed by atoms with Gasteiger partial charge in [-0.15, -0.1) is 5.10 Å². The number of hydrogen-bond acceptors (Lipinski definition) is 8. The molecule has 3 aliphatic rings. The number of nitrogens with one attached hydrogen (secondary N) is 1. The molecule has 0 aliphatic carbocycles. The first-order valence-electron chi connectivity index (χ1n) is 13.0. The Morgan fingerprint density at radius 2 is 1.78 bits per heavy atom. The second-order valence-electron chi connectivity index (χ2n) is 10.3. The van der Waals surface area contributed by atoms with Crippen molar-refractivity contribution in [1.29, 1.82) is 0 Å². The summed E-state index contributed by atoms with van der Waals surface area (Å²) < 4.78 is 14.4. The molecule has 1 aromatic heterocycles. The zero-order valence-electron chi connectivity index (χ0n) is 21.1. The number of aromatic nitrogens is 4. The number of hydrogen-bond donors (Lipinski definition) is 1. The Labute approximate surface area is 212 Å². The van der Waals surface area contributed by atoms with Crippen molar-refractivity contribution in [2.45, 2.75) is 50.2 Å². The standard InChI is InChI=1S/C27H35N7O2/c1-32(2)22-10-8-19(9-11-22)15-28-23-17-35-26-24(18-36-25(23)26)34-27(29-30-31-34)21-7-5-6-20(14-21)16-33-12-3-4-13-33/h5-11,14,23-26,28H,3-4,12-13,15-18H2,1-2H3/t23-,24-,25+,26+/m0/s1. The van der Waals surface area contributed by atoms with Gasteiger partial charge in [0.15, 0.2) is 5.82 Å². The van der Waals surface area contributed by atoms with Crippen LogP contribution in [0.25, 0.3) is 11.4 Å². The molecule has 4 atom stereocenters. The molecule has 9 heteroatoms. The van der Waals surface area contributed by atoms with E-state index in [1.165, 1.54) is 42.7 Å². The Morgan fingerprint density at radius 3 is 2.58 bits per heavy atom. The van der Waals surface area contributed by atoms with Gasteiger partial charge in [0.25, 0.3) is 0 Å². The summed E-state index contributed by atoms with van der Waals surface area (Å²) >= 11 is 0. The molecule has 36 heavy (non-hydrogen) atoms. The highest BCUT2D eigenvalue weighted by Gasteiger charge is 2.49. The van der Waals surface area contributed by atoms with Crippen molar-refractivity contribution in [3.05, 3.63) is 59.7 Å². The fraction of sp³-hybridized carbons (Fsp3) is 0.519. The number of fused-ring (bicyclic) bond motifs is 1. The lowest BCUT2D eigenvalue weighted by atomic mass is 10.0. The lowest BCUT2D eigenvalue weighted by Crippen LogP contribution is -2.40. The van der Waals surface area contributed by atoms with E-state index in [9.17, 15) is 0 Å². The normalized spacial score (nSPS) is 25.9. The Hall–Kier alpha value is -2.85. The quantitative estimate of drug-likeness (QED) is 0.517. The Morgan fingerprint density at radius 1 is 0.972 bits per heavy atom. The number of rotatable bonds is 8. The van der Waals surface area contributed by atoms with E-state index in [-0.39, 0.29) is 24.3 Å². The summed E-state index contributed by atoms with van der Waals surface area (Å²) in [7, 11) is 4.11. The van der Waals surface area contributed by atoms with Crippen LogP contribution in [0.5, 0.6) is 0 Å². The van der Waals surface area contributed by atoms with Crippen molar-refractivity contribution in [3.63, 3.8) is 0 Å². The molecule has 0 amide bonds. The van der Waals surface area contributed by atoms with E-state index in [1.54, 1.807) is 0 Å².